The van der Waals surface area contributed by atoms with Gasteiger partial charge >= 0.3 is 0 Å². The van der Waals surface area contributed by atoms with Crippen LogP contribution in [0.4, 0.5) is 0 Å². The van der Waals surface area contributed by atoms with Crippen molar-refractivity contribution in [3.05, 3.63) is 6.42 Å². The highest BCUT2D eigenvalue weighted by Gasteiger charge is 2.54. The third kappa shape index (κ3) is 2.68. The first-order chi connectivity index (χ1) is 4.75. The normalized spacial score (nSPS) is 31.6. The van der Waals surface area contributed by atoms with Crippen LogP contribution in [0, 0.1) is 17.8 Å². The molecule has 0 aromatic rings. The molecule has 2 unspecified atom stereocenters. The van der Waals surface area contributed by atoms with Crippen molar-refractivity contribution in [1.82, 2.24) is 0 Å². The Kier molecular flexibility index (Phi) is 3.25. The fraction of sp³-hybridized carbons (Fsp3) is 0.857. The summed E-state index contributed by atoms with van der Waals surface area (Å²) in [7, 11) is 0. The maximum atomic E-state index is 3.63. The third-order valence-electron chi connectivity index (χ3n) is 1.99. The summed E-state index contributed by atoms with van der Waals surface area (Å²) in [6.07, 6.45) is 2.34. The average Bonchev–Trinajstić information content (AvgIpc) is 2.36. The minimum absolute atomic E-state index is 0.179. The summed E-state index contributed by atoms with van der Waals surface area (Å²) in [6.45, 7) is 4.48. The standard InChI is InChI=1S/C7H9Br4/c1-6(2)3-4(6)5(8)7(9,10)11/h3-5H,1-2H3. The molecule has 65 valence electrons. The van der Waals surface area contributed by atoms with Crippen molar-refractivity contribution in [2.24, 2.45) is 11.3 Å². The van der Waals surface area contributed by atoms with Crippen LogP contribution in [0.2, 0.25) is 0 Å². The van der Waals surface area contributed by atoms with Crippen molar-refractivity contribution < 1.29 is 0 Å². The van der Waals surface area contributed by atoms with E-state index in [9.17, 15) is 0 Å². The molecule has 0 aromatic carbocycles. The van der Waals surface area contributed by atoms with Gasteiger partial charge in [-0.25, -0.2) is 0 Å². The molecule has 0 aromatic heterocycles. The van der Waals surface area contributed by atoms with Gasteiger partial charge in [0.25, 0.3) is 0 Å². The summed E-state index contributed by atoms with van der Waals surface area (Å²) in [5.74, 6) is 0.626. The predicted octanol–water partition coefficient (Wildman–Crippen LogP) is 4.45. The van der Waals surface area contributed by atoms with Gasteiger partial charge in [-0.1, -0.05) is 77.6 Å². The molecule has 0 aliphatic heterocycles. The van der Waals surface area contributed by atoms with Gasteiger partial charge < -0.3 is 0 Å². The maximum absolute atomic E-state index is 3.63. The SMILES string of the molecule is CC1(C)[CH]C1C(Br)C(Br)(Br)Br. The quantitative estimate of drug-likeness (QED) is 0.558. The molecule has 11 heavy (non-hydrogen) atoms. The van der Waals surface area contributed by atoms with Gasteiger partial charge in [0.2, 0.25) is 0 Å². The molecular formula is C7H9Br4. The first-order valence-electron chi connectivity index (χ1n) is 3.32. The zero-order valence-corrected chi connectivity index (χ0v) is 12.6. The highest BCUT2D eigenvalue weighted by molar-refractivity contribution is 9.40. The highest BCUT2D eigenvalue weighted by atomic mass is 80.0. The Labute approximate surface area is 101 Å². The van der Waals surface area contributed by atoms with Crippen LogP contribution in [0.15, 0.2) is 0 Å². The molecule has 1 rings (SSSR count). The van der Waals surface area contributed by atoms with Crippen LogP contribution < -0.4 is 0 Å². The van der Waals surface area contributed by atoms with E-state index in [2.05, 4.69) is 84.0 Å². The van der Waals surface area contributed by atoms with Gasteiger partial charge in [0, 0.05) is 0 Å². The lowest BCUT2D eigenvalue weighted by Crippen LogP contribution is -2.21. The van der Waals surface area contributed by atoms with Crippen molar-refractivity contribution >= 4 is 63.7 Å². The molecule has 1 radical (unpaired) electrons. The molecule has 1 aliphatic rings. The third-order valence-corrected chi connectivity index (χ3v) is 6.57. The maximum Gasteiger partial charge on any atom is 0.147 e. The molecule has 0 spiro atoms. The summed E-state index contributed by atoms with van der Waals surface area (Å²) >= 11 is 14.1. The summed E-state index contributed by atoms with van der Waals surface area (Å²) in [5.41, 5.74) is 0.384. The predicted molar refractivity (Wildman–Crippen MR) is 63.8 cm³/mol. The Morgan fingerprint density at radius 1 is 1.36 bits per heavy atom. The molecular weight excluding hydrogens is 404 g/mol. The van der Waals surface area contributed by atoms with E-state index in [-0.39, 0.29) is 2.14 Å². The fourth-order valence-electron chi connectivity index (χ4n) is 1.08. The van der Waals surface area contributed by atoms with Crippen molar-refractivity contribution in [1.29, 1.82) is 0 Å². The Bertz CT molecular complexity index is 158. The van der Waals surface area contributed by atoms with E-state index in [1.165, 1.54) is 0 Å². The Morgan fingerprint density at radius 2 is 1.73 bits per heavy atom. The molecule has 1 fully saturated rings. The van der Waals surface area contributed by atoms with E-state index < -0.39 is 0 Å². The van der Waals surface area contributed by atoms with E-state index in [1.54, 1.807) is 0 Å². The van der Waals surface area contributed by atoms with Gasteiger partial charge in [0.15, 0.2) is 0 Å². The van der Waals surface area contributed by atoms with Gasteiger partial charge in [0.05, 0.1) is 4.83 Å². The molecule has 2 atom stereocenters. The number of halogens is 4. The molecule has 1 aliphatic carbocycles. The number of rotatable bonds is 1. The van der Waals surface area contributed by atoms with E-state index >= 15 is 0 Å². The molecule has 1 saturated carbocycles. The van der Waals surface area contributed by atoms with Crippen LogP contribution in [0.5, 0.6) is 0 Å². The second kappa shape index (κ2) is 3.25. The molecule has 0 saturated heterocycles. The fourth-order valence-corrected chi connectivity index (χ4v) is 2.77. The van der Waals surface area contributed by atoms with Gasteiger partial charge in [-0.15, -0.1) is 0 Å². The smallest absolute Gasteiger partial charge is 0.0853 e. The molecule has 4 heteroatoms. The second-order valence-corrected chi connectivity index (χ2v) is 11.4. The van der Waals surface area contributed by atoms with E-state index in [0.717, 1.165) is 0 Å². The summed E-state index contributed by atoms with van der Waals surface area (Å²) in [4.78, 5) is 0.380. The Hall–Kier alpha value is 1.92. The minimum Gasteiger partial charge on any atom is -0.0853 e. The highest BCUT2D eigenvalue weighted by Crippen LogP contribution is 2.60. The largest absolute Gasteiger partial charge is 0.147 e. The summed E-state index contributed by atoms with van der Waals surface area (Å²) in [5, 5.41) is 0. The van der Waals surface area contributed by atoms with E-state index in [1.807, 2.05) is 0 Å². The van der Waals surface area contributed by atoms with E-state index in [4.69, 9.17) is 0 Å². The molecule has 0 heterocycles. The number of alkyl halides is 4. The minimum atomic E-state index is -0.179. The first-order valence-corrected chi connectivity index (χ1v) is 6.61. The van der Waals surface area contributed by atoms with Crippen molar-refractivity contribution in [3.63, 3.8) is 0 Å². The van der Waals surface area contributed by atoms with Crippen molar-refractivity contribution in [2.45, 2.75) is 20.8 Å². The Morgan fingerprint density at radius 3 is 1.82 bits per heavy atom. The molecule has 0 nitrogen and oxygen atoms in total. The monoisotopic (exact) mass is 409 g/mol. The van der Waals surface area contributed by atoms with Crippen LogP contribution in [0.25, 0.3) is 0 Å². The van der Waals surface area contributed by atoms with Gasteiger partial charge in [-0.3, -0.25) is 0 Å². The topological polar surface area (TPSA) is 0 Å². The number of hydrogen-bond acceptors (Lipinski definition) is 0. The summed E-state index contributed by atoms with van der Waals surface area (Å²) < 4.78 is -0.179. The zero-order chi connectivity index (χ0) is 8.86. The Balaban J connectivity index is 2.52. The molecule has 0 bridgehead atoms. The average molecular weight is 413 g/mol. The lowest BCUT2D eigenvalue weighted by atomic mass is 10.1. The van der Waals surface area contributed by atoms with Crippen molar-refractivity contribution in [2.75, 3.05) is 0 Å². The van der Waals surface area contributed by atoms with Crippen LogP contribution in [0.1, 0.15) is 13.8 Å². The van der Waals surface area contributed by atoms with Crippen molar-refractivity contribution in [3.8, 4) is 0 Å². The van der Waals surface area contributed by atoms with Gasteiger partial charge in [0.1, 0.15) is 2.14 Å². The first kappa shape index (κ1) is 11.0. The number of hydrogen-bond donors (Lipinski definition) is 0. The van der Waals surface area contributed by atoms with Crippen LogP contribution in [-0.2, 0) is 0 Å². The van der Waals surface area contributed by atoms with Crippen LogP contribution in [-0.4, -0.2) is 6.97 Å². The van der Waals surface area contributed by atoms with Gasteiger partial charge in [-0.2, -0.15) is 0 Å². The lowest BCUT2D eigenvalue weighted by Gasteiger charge is -2.20. The lowest BCUT2D eigenvalue weighted by molar-refractivity contribution is 0.561. The molecule has 0 amide bonds. The van der Waals surface area contributed by atoms with Gasteiger partial charge in [-0.05, 0) is 17.8 Å². The second-order valence-electron chi connectivity index (χ2n) is 3.46. The van der Waals surface area contributed by atoms with Crippen LogP contribution >= 0.6 is 63.7 Å². The van der Waals surface area contributed by atoms with Crippen LogP contribution in [0.3, 0.4) is 0 Å². The molecule has 0 N–H and O–H groups in total. The summed E-state index contributed by atoms with van der Waals surface area (Å²) in [6, 6.07) is 0. The van der Waals surface area contributed by atoms with E-state index in [0.29, 0.717) is 16.2 Å². The zero-order valence-electron chi connectivity index (χ0n) is 6.24.